The summed E-state index contributed by atoms with van der Waals surface area (Å²) in [6.45, 7) is 8.00. The summed E-state index contributed by atoms with van der Waals surface area (Å²) in [6, 6.07) is 20.8. The van der Waals surface area contributed by atoms with Gasteiger partial charge in [0.1, 0.15) is 0 Å². The van der Waals surface area contributed by atoms with Crippen LogP contribution >= 0.6 is 11.8 Å². The van der Waals surface area contributed by atoms with Crippen molar-refractivity contribution < 1.29 is 0 Å². The Labute approximate surface area is 110 Å². The van der Waals surface area contributed by atoms with Gasteiger partial charge in [-0.05, 0) is 24.3 Å². The van der Waals surface area contributed by atoms with Crippen LogP contribution in [0.5, 0.6) is 0 Å². The molecule has 0 aliphatic carbocycles. The minimum absolute atomic E-state index is 1.29. The molecule has 0 saturated heterocycles. The number of rotatable bonds is 2. The molecule has 17 heavy (non-hydrogen) atoms. The van der Waals surface area contributed by atoms with Gasteiger partial charge in [0.2, 0.25) is 0 Å². The summed E-state index contributed by atoms with van der Waals surface area (Å²) < 4.78 is 0. The first kappa shape index (κ1) is 15.8. The Bertz CT molecular complexity index is 316. The minimum atomic E-state index is 1.29. The highest BCUT2D eigenvalue weighted by Crippen LogP contribution is 2.26. The second kappa shape index (κ2) is 11.3. The Morgan fingerprint density at radius 3 is 1.12 bits per heavy atom. The van der Waals surface area contributed by atoms with Crippen molar-refractivity contribution in [3.63, 3.8) is 0 Å². The lowest BCUT2D eigenvalue weighted by atomic mass is 10.4. The van der Waals surface area contributed by atoms with E-state index in [9.17, 15) is 0 Å². The van der Waals surface area contributed by atoms with Gasteiger partial charge in [-0.2, -0.15) is 0 Å². The zero-order valence-electron chi connectivity index (χ0n) is 11.2. The summed E-state index contributed by atoms with van der Waals surface area (Å²) in [5.41, 5.74) is 0. The van der Waals surface area contributed by atoms with E-state index in [0.29, 0.717) is 0 Å². The van der Waals surface area contributed by atoms with Crippen LogP contribution < -0.4 is 0 Å². The van der Waals surface area contributed by atoms with Crippen molar-refractivity contribution in [1.82, 2.24) is 0 Å². The summed E-state index contributed by atoms with van der Waals surface area (Å²) >= 11 is 1.79. The van der Waals surface area contributed by atoms with E-state index in [1.54, 1.807) is 11.8 Å². The predicted molar refractivity (Wildman–Crippen MR) is 79.7 cm³/mol. The normalized spacial score (nSPS) is 8.24. The van der Waals surface area contributed by atoms with Crippen molar-refractivity contribution in [2.24, 2.45) is 0 Å². The molecule has 0 radical (unpaired) electrons. The van der Waals surface area contributed by atoms with Gasteiger partial charge < -0.3 is 0 Å². The van der Waals surface area contributed by atoms with Gasteiger partial charge in [0.15, 0.2) is 0 Å². The fraction of sp³-hybridized carbons (Fsp3) is 0.250. The van der Waals surface area contributed by atoms with E-state index >= 15 is 0 Å². The largest absolute Gasteiger partial charge is 0.0901 e. The molecule has 0 atom stereocenters. The Hall–Kier alpha value is -1.21. The Kier molecular flexibility index (Phi) is 10.5. The lowest BCUT2D eigenvalue weighted by molar-refractivity contribution is 1.41. The van der Waals surface area contributed by atoms with Crippen molar-refractivity contribution >= 4 is 11.8 Å². The van der Waals surface area contributed by atoms with Crippen LogP contribution in [0.15, 0.2) is 70.5 Å². The van der Waals surface area contributed by atoms with E-state index in [2.05, 4.69) is 48.5 Å². The molecule has 1 heteroatoms. The quantitative estimate of drug-likeness (QED) is 0.636. The Morgan fingerprint density at radius 1 is 0.529 bits per heavy atom. The van der Waals surface area contributed by atoms with E-state index in [-0.39, 0.29) is 0 Å². The van der Waals surface area contributed by atoms with Crippen LogP contribution in [0.25, 0.3) is 0 Å². The standard InChI is InChI=1S/C12H10S.2C2H6/c1-3-7-11(8-4-1)13-12-9-5-2-6-10-12;2*1-2/h1-10H;2*1-2H3. The van der Waals surface area contributed by atoms with E-state index in [0.717, 1.165) is 0 Å². The fourth-order valence-electron chi connectivity index (χ4n) is 1.11. The van der Waals surface area contributed by atoms with Crippen molar-refractivity contribution in [3.05, 3.63) is 60.7 Å². The average Bonchev–Trinajstić information content (AvgIpc) is 2.45. The lowest BCUT2D eigenvalue weighted by Crippen LogP contribution is -1.70. The zero-order valence-corrected chi connectivity index (χ0v) is 12.0. The molecule has 0 amide bonds. The second-order valence-electron chi connectivity index (χ2n) is 2.73. The molecular weight excluding hydrogens is 224 g/mol. The molecule has 0 unspecified atom stereocenters. The van der Waals surface area contributed by atoms with Crippen LogP contribution in [0.1, 0.15) is 27.7 Å². The predicted octanol–water partition coefficient (Wildman–Crippen LogP) is 5.89. The summed E-state index contributed by atoms with van der Waals surface area (Å²) in [4.78, 5) is 2.57. The van der Waals surface area contributed by atoms with Gasteiger partial charge in [-0.15, -0.1) is 0 Å². The van der Waals surface area contributed by atoms with Gasteiger partial charge in [0, 0.05) is 9.79 Å². The third kappa shape index (κ3) is 6.85. The maximum Gasteiger partial charge on any atom is 0.0122 e. The number of benzene rings is 2. The molecule has 0 spiro atoms. The van der Waals surface area contributed by atoms with Gasteiger partial charge in [-0.25, -0.2) is 0 Å². The first-order valence-electron chi connectivity index (χ1n) is 6.23. The van der Waals surface area contributed by atoms with E-state index < -0.39 is 0 Å². The highest BCUT2D eigenvalue weighted by molar-refractivity contribution is 7.99. The minimum Gasteiger partial charge on any atom is -0.0901 e. The van der Waals surface area contributed by atoms with E-state index in [1.807, 2.05) is 39.8 Å². The number of hydrogen-bond acceptors (Lipinski definition) is 1. The van der Waals surface area contributed by atoms with Crippen molar-refractivity contribution in [2.45, 2.75) is 37.5 Å². The van der Waals surface area contributed by atoms with Gasteiger partial charge in [0.05, 0.1) is 0 Å². The van der Waals surface area contributed by atoms with Gasteiger partial charge in [-0.1, -0.05) is 75.9 Å². The van der Waals surface area contributed by atoms with Crippen LogP contribution in [0.4, 0.5) is 0 Å². The molecule has 2 aromatic rings. The SMILES string of the molecule is CC.CC.c1ccc(Sc2ccccc2)cc1. The van der Waals surface area contributed by atoms with Gasteiger partial charge in [0.25, 0.3) is 0 Å². The molecule has 0 aliphatic rings. The topological polar surface area (TPSA) is 0 Å². The number of hydrogen-bond donors (Lipinski definition) is 0. The third-order valence-electron chi connectivity index (χ3n) is 1.72. The molecule has 0 bridgehead atoms. The molecule has 2 rings (SSSR count). The smallest absolute Gasteiger partial charge is 0.0122 e. The maximum absolute atomic E-state index is 2.12. The van der Waals surface area contributed by atoms with Crippen molar-refractivity contribution in [3.8, 4) is 0 Å². The van der Waals surface area contributed by atoms with Crippen LogP contribution in [-0.4, -0.2) is 0 Å². The maximum atomic E-state index is 2.12. The van der Waals surface area contributed by atoms with Crippen LogP contribution in [0.2, 0.25) is 0 Å². The molecular formula is C16H22S. The van der Waals surface area contributed by atoms with Gasteiger partial charge in [-0.3, -0.25) is 0 Å². The summed E-state index contributed by atoms with van der Waals surface area (Å²) in [5.74, 6) is 0. The summed E-state index contributed by atoms with van der Waals surface area (Å²) in [7, 11) is 0. The summed E-state index contributed by atoms with van der Waals surface area (Å²) in [6.07, 6.45) is 0. The highest BCUT2D eigenvalue weighted by atomic mass is 32.2. The molecule has 0 heterocycles. The Balaban J connectivity index is 0.000000581. The first-order valence-corrected chi connectivity index (χ1v) is 7.05. The lowest BCUT2D eigenvalue weighted by Gasteiger charge is -1.99. The fourth-order valence-corrected chi connectivity index (χ4v) is 1.97. The Morgan fingerprint density at radius 2 is 0.824 bits per heavy atom. The zero-order chi connectivity index (χ0) is 12.9. The molecule has 0 saturated carbocycles. The molecule has 0 N–H and O–H groups in total. The van der Waals surface area contributed by atoms with Crippen molar-refractivity contribution in [2.75, 3.05) is 0 Å². The molecule has 2 aromatic carbocycles. The molecule has 0 nitrogen and oxygen atoms in total. The average molecular weight is 246 g/mol. The summed E-state index contributed by atoms with van der Waals surface area (Å²) in [5, 5.41) is 0. The first-order chi connectivity index (χ1) is 8.45. The molecule has 0 fully saturated rings. The van der Waals surface area contributed by atoms with Crippen molar-refractivity contribution in [1.29, 1.82) is 0 Å². The van der Waals surface area contributed by atoms with E-state index in [1.165, 1.54) is 9.79 Å². The molecule has 0 aliphatic heterocycles. The van der Waals surface area contributed by atoms with E-state index in [4.69, 9.17) is 0 Å². The van der Waals surface area contributed by atoms with Crippen LogP contribution in [-0.2, 0) is 0 Å². The van der Waals surface area contributed by atoms with Crippen LogP contribution in [0, 0.1) is 0 Å². The highest BCUT2D eigenvalue weighted by Gasteiger charge is 1.93. The third-order valence-corrected chi connectivity index (χ3v) is 2.74. The molecule has 0 aromatic heterocycles. The van der Waals surface area contributed by atoms with Gasteiger partial charge >= 0.3 is 0 Å². The monoisotopic (exact) mass is 246 g/mol. The second-order valence-corrected chi connectivity index (χ2v) is 3.88. The molecule has 92 valence electrons. The van der Waals surface area contributed by atoms with Crippen LogP contribution in [0.3, 0.4) is 0 Å².